The molecule has 0 aromatic rings. The molecule has 0 aliphatic heterocycles. The van der Waals surface area contributed by atoms with Gasteiger partial charge in [0.2, 0.25) is 23.6 Å². The second-order valence-electron chi connectivity index (χ2n) is 16.4. The molecule has 59 heavy (non-hydrogen) atoms. The van der Waals surface area contributed by atoms with E-state index in [-0.39, 0.29) is 35.5 Å². The van der Waals surface area contributed by atoms with Crippen molar-refractivity contribution in [1.29, 1.82) is 0 Å². The van der Waals surface area contributed by atoms with Gasteiger partial charge < -0.3 is 44.2 Å². The summed E-state index contributed by atoms with van der Waals surface area (Å²) in [7, 11) is 0. The molecular formula is C45H90N10O4. The van der Waals surface area contributed by atoms with Crippen molar-refractivity contribution in [3.63, 3.8) is 0 Å². The predicted molar refractivity (Wildman–Crippen MR) is 246 cm³/mol. The average Bonchev–Trinajstić information content (AvgIpc) is 3.20. The molecule has 0 aliphatic rings. The maximum Gasteiger partial charge on any atom is 0.242 e. The fourth-order valence-electron chi connectivity index (χ4n) is 7.07. The monoisotopic (exact) mass is 835 g/mol. The number of amides is 4. The van der Waals surface area contributed by atoms with Gasteiger partial charge in [-0.05, 0) is 51.4 Å². The van der Waals surface area contributed by atoms with Gasteiger partial charge in [0.25, 0.3) is 0 Å². The zero-order chi connectivity index (χ0) is 43.6. The van der Waals surface area contributed by atoms with Crippen molar-refractivity contribution < 1.29 is 19.2 Å². The second-order valence-corrected chi connectivity index (χ2v) is 16.4. The van der Waals surface area contributed by atoms with E-state index in [1.54, 1.807) is 0 Å². The smallest absolute Gasteiger partial charge is 0.242 e. The minimum atomic E-state index is -0.600. The normalized spacial score (nSPS) is 12.0. The summed E-state index contributed by atoms with van der Waals surface area (Å²) >= 11 is 0. The Morgan fingerprint density at radius 1 is 0.407 bits per heavy atom. The molecule has 4 amide bonds. The Hall–Kier alpha value is -3.58. The van der Waals surface area contributed by atoms with E-state index in [2.05, 4.69) is 45.1 Å². The van der Waals surface area contributed by atoms with E-state index < -0.39 is 12.1 Å². The first-order valence-corrected chi connectivity index (χ1v) is 23.9. The third-order valence-corrected chi connectivity index (χ3v) is 10.7. The Kier molecular flexibility index (Phi) is 38.7. The highest BCUT2D eigenvalue weighted by molar-refractivity contribution is 5.88. The summed E-state index contributed by atoms with van der Waals surface area (Å²) in [6.45, 7) is 6.40. The van der Waals surface area contributed by atoms with Crippen molar-refractivity contribution >= 4 is 35.5 Å². The number of hydrogen-bond donors (Lipinski definition) is 8. The number of nitrogens with zero attached hydrogens (tertiary/aromatic N) is 2. The summed E-state index contributed by atoms with van der Waals surface area (Å²) in [6, 6.07) is -1.20. The summed E-state index contributed by atoms with van der Waals surface area (Å²) in [6.07, 6.45) is 31.2. The van der Waals surface area contributed by atoms with E-state index in [0.717, 1.165) is 83.5 Å². The van der Waals surface area contributed by atoms with Gasteiger partial charge in [-0.15, -0.1) is 0 Å². The third kappa shape index (κ3) is 38.4. The zero-order valence-electron chi connectivity index (χ0n) is 37.7. The first-order chi connectivity index (χ1) is 28.6. The van der Waals surface area contributed by atoms with Gasteiger partial charge in [0.15, 0.2) is 11.9 Å². The first kappa shape index (κ1) is 55.4. The number of rotatable bonds is 42. The number of nitrogens with one attached hydrogen (secondary N) is 4. The Labute approximate surface area is 359 Å². The summed E-state index contributed by atoms with van der Waals surface area (Å²) in [5.41, 5.74) is 21.8. The molecule has 0 aromatic heterocycles. The third-order valence-electron chi connectivity index (χ3n) is 10.7. The molecule has 14 nitrogen and oxygen atoms in total. The van der Waals surface area contributed by atoms with Crippen LogP contribution < -0.4 is 44.2 Å². The van der Waals surface area contributed by atoms with Crippen LogP contribution >= 0.6 is 0 Å². The highest BCUT2D eigenvalue weighted by Crippen LogP contribution is 2.13. The Morgan fingerprint density at radius 3 is 1.00 bits per heavy atom. The van der Waals surface area contributed by atoms with E-state index in [1.807, 2.05) is 0 Å². The SMILES string of the molecule is CCCCCCCCCCCC(=O)N[C@@H](CCCN=C(N)N)C(=O)NCCCCCCCCCNC(=O)[C@H](CCCN=C(N)N)NC(=O)CCCCCCCCCCC. The van der Waals surface area contributed by atoms with Gasteiger partial charge in [-0.2, -0.15) is 0 Å². The van der Waals surface area contributed by atoms with Crippen LogP contribution in [0.15, 0.2) is 9.98 Å². The van der Waals surface area contributed by atoms with Gasteiger partial charge in [-0.3, -0.25) is 29.2 Å². The van der Waals surface area contributed by atoms with Crippen molar-refractivity contribution in [2.45, 2.75) is 225 Å². The van der Waals surface area contributed by atoms with Crippen LogP contribution in [0, 0.1) is 0 Å². The maximum absolute atomic E-state index is 13.0. The van der Waals surface area contributed by atoms with E-state index in [0.29, 0.717) is 64.7 Å². The van der Waals surface area contributed by atoms with Crippen LogP contribution in [-0.4, -0.2) is 73.8 Å². The lowest BCUT2D eigenvalue weighted by Crippen LogP contribution is -2.47. The lowest BCUT2D eigenvalue weighted by molar-refractivity contribution is -0.129. The highest BCUT2D eigenvalue weighted by Gasteiger charge is 2.21. The van der Waals surface area contributed by atoms with Gasteiger partial charge in [0.1, 0.15) is 12.1 Å². The second kappa shape index (κ2) is 41.2. The molecule has 0 aliphatic carbocycles. The van der Waals surface area contributed by atoms with Crippen LogP contribution in [0.1, 0.15) is 213 Å². The quantitative estimate of drug-likeness (QED) is 0.0183. The van der Waals surface area contributed by atoms with Gasteiger partial charge in [-0.1, -0.05) is 149 Å². The van der Waals surface area contributed by atoms with Crippen molar-refractivity contribution in [2.24, 2.45) is 32.9 Å². The van der Waals surface area contributed by atoms with Crippen molar-refractivity contribution in [2.75, 3.05) is 26.2 Å². The number of hydrogen-bond acceptors (Lipinski definition) is 6. The summed E-state index contributed by atoms with van der Waals surface area (Å²) in [5, 5.41) is 11.9. The number of carbonyl (C=O) groups excluding carboxylic acids is 4. The molecule has 0 unspecified atom stereocenters. The van der Waals surface area contributed by atoms with Crippen LogP contribution in [0.25, 0.3) is 0 Å². The minimum absolute atomic E-state index is 0.0188. The fraction of sp³-hybridized carbons (Fsp3) is 0.867. The lowest BCUT2D eigenvalue weighted by Gasteiger charge is -2.18. The molecule has 0 saturated carbocycles. The highest BCUT2D eigenvalue weighted by atomic mass is 16.2. The van der Waals surface area contributed by atoms with Crippen molar-refractivity contribution in [3.8, 4) is 0 Å². The van der Waals surface area contributed by atoms with E-state index >= 15 is 0 Å². The number of nitrogens with two attached hydrogens (primary N) is 4. The number of unbranched alkanes of at least 4 members (excludes halogenated alkanes) is 22. The van der Waals surface area contributed by atoms with Crippen LogP contribution in [0.4, 0.5) is 0 Å². The van der Waals surface area contributed by atoms with Crippen molar-refractivity contribution in [3.05, 3.63) is 0 Å². The Balaban J connectivity index is 4.38. The van der Waals surface area contributed by atoms with Gasteiger partial charge in [0.05, 0.1) is 0 Å². The Bertz CT molecular complexity index is 1030. The molecular weight excluding hydrogens is 745 g/mol. The standard InChI is InChI=1S/C45H90N10O4/c1-3-5-7-9-11-13-16-20-24-32-40(56)54-38(30-28-36-52-44(46)47)42(58)50-34-26-22-18-15-19-23-27-35-51-43(59)39(31-29-37-53-45(48)49)55-41(57)33-25-21-17-14-12-10-8-6-4-2/h38-39H,3-37H2,1-2H3,(H,50,58)(H,51,59)(H,54,56)(H,55,57)(H4,46,47,52)(H4,48,49,53)/t38-,39-/m0/s1. The minimum Gasteiger partial charge on any atom is -0.370 e. The largest absolute Gasteiger partial charge is 0.370 e. The first-order valence-electron chi connectivity index (χ1n) is 23.9. The average molecular weight is 835 g/mol. The maximum atomic E-state index is 13.0. The molecule has 14 heteroatoms. The Morgan fingerprint density at radius 2 is 0.695 bits per heavy atom. The van der Waals surface area contributed by atoms with Crippen LogP contribution in [0.3, 0.4) is 0 Å². The zero-order valence-corrected chi connectivity index (χ0v) is 37.7. The summed E-state index contributed by atoms with van der Waals surface area (Å²) in [5.74, 6) is -0.450. The molecule has 0 heterocycles. The van der Waals surface area contributed by atoms with Gasteiger partial charge in [0, 0.05) is 39.0 Å². The van der Waals surface area contributed by atoms with Crippen LogP contribution in [0.5, 0.6) is 0 Å². The topological polar surface area (TPSA) is 245 Å². The predicted octanol–water partition coefficient (Wildman–Crippen LogP) is 6.87. The molecule has 0 aromatic carbocycles. The molecule has 12 N–H and O–H groups in total. The molecule has 0 radical (unpaired) electrons. The lowest BCUT2D eigenvalue weighted by atomic mass is 10.1. The van der Waals surface area contributed by atoms with Gasteiger partial charge >= 0.3 is 0 Å². The molecule has 0 fully saturated rings. The molecule has 0 rings (SSSR count). The summed E-state index contributed by atoms with van der Waals surface area (Å²) in [4.78, 5) is 59.5. The summed E-state index contributed by atoms with van der Waals surface area (Å²) < 4.78 is 0. The molecule has 0 bridgehead atoms. The van der Waals surface area contributed by atoms with Crippen LogP contribution in [0.2, 0.25) is 0 Å². The number of guanidine groups is 2. The molecule has 2 atom stereocenters. The van der Waals surface area contributed by atoms with Crippen molar-refractivity contribution in [1.82, 2.24) is 21.3 Å². The van der Waals surface area contributed by atoms with Gasteiger partial charge in [-0.25, -0.2) is 0 Å². The molecule has 0 spiro atoms. The number of carbonyl (C=O) groups is 4. The fourth-order valence-corrected chi connectivity index (χ4v) is 7.07. The van der Waals surface area contributed by atoms with E-state index in [9.17, 15) is 19.2 Å². The van der Waals surface area contributed by atoms with E-state index in [4.69, 9.17) is 22.9 Å². The van der Waals surface area contributed by atoms with E-state index in [1.165, 1.54) is 77.0 Å². The molecule has 0 saturated heterocycles. The molecule has 344 valence electrons. The van der Waals surface area contributed by atoms with Crippen LogP contribution in [-0.2, 0) is 19.2 Å². The number of aliphatic imine (C=N–C) groups is 2.